The van der Waals surface area contributed by atoms with Gasteiger partial charge in [0.2, 0.25) is 11.8 Å². The number of thioether (sulfide) groups is 1. The number of carbonyl (C=O) groups excluding carboxylic acids is 2. The van der Waals surface area contributed by atoms with E-state index in [0.29, 0.717) is 13.0 Å². The number of amides is 2. The summed E-state index contributed by atoms with van der Waals surface area (Å²) in [5.41, 5.74) is 1.31. The molecule has 2 aliphatic heterocycles. The van der Waals surface area contributed by atoms with Gasteiger partial charge in [0.25, 0.3) is 0 Å². The lowest BCUT2D eigenvalue weighted by Gasteiger charge is -2.47. The summed E-state index contributed by atoms with van der Waals surface area (Å²) in [5.74, 6) is 1.49. The van der Waals surface area contributed by atoms with Crippen LogP contribution in [0.25, 0.3) is 0 Å². The van der Waals surface area contributed by atoms with Gasteiger partial charge in [0, 0.05) is 45.0 Å². The summed E-state index contributed by atoms with van der Waals surface area (Å²) in [6, 6.07) is 3.95. The van der Waals surface area contributed by atoms with Crippen LogP contribution in [0.3, 0.4) is 0 Å². The lowest BCUT2D eigenvalue weighted by Crippen LogP contribution is -2.52. The predicted molar refractivity (Wildman–Crippen MR) is 105 cm³/mol. The van der Waals surface area contributed by atoms with E-state index in [-0.39, 0.29) is 22.5 Å². The molecule has 0 bridgehead atoms. The topological polar surface area (TPSA) is 53.5 Å². The SMILES string of the molecule is CCS[C@H](C)C(=O)N1CCC2(CCC(=O)N(Cc3ccncc3)C2)CC1. The third-order valence-electron chi connectivity index (χ3n) is 5.77. The monoisotopic (exact) mass is 375 g/mol. The van der Waals surface area contributed by atoms with Crippen molar-refractivity contribution >= 4 is 23.6 Å². The summed E-state index contributed by atoms with van der Waals surface area (Å²) in [7, 11) is 0. The molecule has 5 nitrogen and oxygen atoms in total. The molecule has 1 spiro atoms. The van der Waals surface area contributed by atoms with Crippen molar-refractivity contribution in [2.45, 2.75) is 51.3 Å². The molecule has 3 heterocycles. The average molecular weight is 376 g/mol. The quantitative estimate of drug-likeness (QED) is 0.794. The van der Waals surface area contributed by atoms with E-state index >= 15 is 0 Å². The number of nitrogens with zero attached hydrogens (tertiary/aromatic N) is 3. The molecule has 0 saturated carbocycles. The van der Waals surface area contributed by atoms with E-state index in [1.54, 1.807) is 24.2 Å². The van der Waals surface area contributed by atoms with E-state index in [1.807, 2.05) is 28.9 Å². The number of aromatic nitrogens is 1. The van der Waals surface area contributed by atoms with Crippen LogP contribution >= 0.6 is 11.8 Å². The number of rotatable bonds is 5. The summed E-state index contributed by atoms with van der Waals surface area (Å²) in [6.07, 6.45) is 7.14. The molecule has 2 amide bonds. The Hall–Kier alpha value is -1.56. The van der Waals surface area contributed by atoms with Crippen LogP contribution in [0.1, 0.15) is 45.1 Å². The maximum absolute atomic E-state index is 12.6. The number of hydrogen-bond acceptors (Lipinski definition) is 4. The zero-order valence-electron chi connectivity index (χ0n) is 15.8. The van der Waals surface area contributed by atoms with Crippen LogP contribution in [0.5, 0.6) is 0 Å². The Labute approximate surface area is 160 Å². The van der Waals surface area contributed by atoms with Gasteiger partial charge in [-0.3, -0.25) is 14.6 Å². The lowest BCUT2D eigenvalue weighted by molar-refractivity contribution is -0.142. The van der Waals surface area contributed by atoms with Crippen LogP contribution in [0.15, 0.2) is 24.5 Å². The van der Waals surface area contributed by atoms with Gasteiger partial charge in [-0.25, -0.2) is 0 Å². The number of piperidine rings is 2. The number of hydrogen-bond donors (Lipinski definition) is 0. The van der Waals surface area contributed by atoms with Crippen LogP contribution in [-0.2, 0) is 16.1 Å². The molecule has 1 atom stereocenters. The van der Waals surface area contributed by atoms with E-state index in [9.17, 15) is 9.59 Å². The van der Waals surface area contributed by atoms with E-state index in [1.165, 1.54) is 0 Å². The Morgan fingerprint density at radius 1 is 1.27 bits per heavy atom. The van der Waals surface area contributed by atoms with Crippen molar-refractivity contribution in [3.63, 3.8) is 0 Å². The van der Waals surface area contributed by atoms with Crippen molar-refractivity contribution < 1.29 is 9.59 Å². The number of pyridine rings is 1. The van der Waals surface area contributed by atoms with Crippen LogP contribution in [0.2, 0.25) is 0 Å². The molecule has 26 heavy (non-hydrogen) atoms. The molecule has 0 aliphatic carbocycles. The molecule has 2 aliphatic rings. The fraction of sp³-hybridized carbons (Fsp3) is 0.650. The van der Waals surface area contributed by atoms with Crippen molar-refractivity contribution in [2.24, 2.45) is 5.41 Å². The van der Waals surface area contributed by atoms with E-state index in [4.69, 9.17) is 0 Å². The summed E-state index contributed by atoms with van der Waals surface area (Å²) in [5, 5.41) is 0.0465. The molecule has 2 saturated heterocycles. The zero-order chi connectivity index (χ0) is 18.6. The molecular formula is C20H29N3O2S. The summed E-state index contributed by atoms with van der Waals surface area (Å²) >= 11 is 1.71. The van der Waals surface area contributed by atoms with Gasteiger partial charge in [0.05, 0.1) is 5.25 Å². The van der Waals surface area contributed by atoms with E-state index in [2.05, 4.69) is 11.9 Å². The van der Waals surface area contributed by atoms with Crippen LogP contribution in [0.4, 0.5) is 0 Å². The van der Waals surface area contributed by atoms with Crippen LogP contribution in [0, 0.1) is 5.41 Å². The first-order chi connectivity index (χ1) is 12.5. The predicted octanol–water partition coefficient (Wildman–Crippen LogP) is 2.95. The maximum atomic E-state index is 12.6. The standard InChI is InChI=1S/C20H29N3O2S/c1-3-26-16(2)19(25)22-12-8-20(9-13-22)7-4-18(24)23(15-20)14-17-5-10-21-11-6-17/h5-6,10-11,16H,3-4,7-9,12-15H2,1-2H3/t16-/m1/s1. The minimum absolute atomic E-state index is 0.0465. The van der Waals surface area contributed by atoms with Gasteiger partial charge in [-0.05, 0) is 55.1 Å². The van der Waals surface area contributed by atoms with Crippen LogP contribution in [-0.4, -0.2) is 57.2 Å². The fourth-order valence-electron chi connectivity index (χ4n) is 4.14. The highest BCUT2D eigenvalue weighted by Crippen LogP contribution is 2.40. The van der Waals surface area contributed by atoms with Gasteiger partial charge in [0.1, 0.15) is 0 Å². The minimum Gasteiger partial charge on any atom is -0.342 e. The molecule has 1 aromatic heterocycles. The fourth-order valence-corrected chi connectivity index (χ4v) is 4.93. The second kappa shape index (κ2) is 8.42. The van der Waals surface area contributed by atoms with Crippen molar-refractivity contribution in [2.75, 3.05) is 25.4 Å². The van der Waals surface area contributed by atoms with Gasteiger partial charge in [-0.2, -0.15) is 0 Å². The third kappa shape index (κ3) is 4.40. The van der Waals surface area contributed by atoms with Crippen LogP contribution < -0.4 is 0 Å². The molecule has 0 N–H and O–H groups in total. The number of carbonyl (C=O) groups is 2. The van der Waals surface area contributed by atoms with Crippen molar-refractivity contribution in [1.29, 1.82) is 0 Å². The Bertz CT molecular complexity index is 629. The van der Waals surface area contributed by atoms with E-state index < -0.39 is 0 Å². The molecule has 142 valence electrons. The van der Waals surface area contributed by atoms with Crippen molar-refractivity contribution in [3.05, 3.63) is 30.1 Å². The average Bonchev–Trinajstić information content (AvgIpc) is 2.66. The smallest absolute Gasteiger partial charge is 0.235 e. The Morgan fingerprint density at radius 2 is 1.96 bits per heavy atom. The molecule has 0 radical (unpaired) electrons. The highest BCUT2D eigenvalue weighted by Gasteiger charge is 2.42. The van der Waals surface area contributed by atoms with Gasteiger partial charge < -0.3 is 9.80 Å². The Balaban J connectivity index is 1.59. The lowest BCUT2D eigenvalue weighted by atomic mass is 9.72. The van der Waals surface area contributed by atoms with Gasteiger partial charge in [0.15, 0.2) is 0 Å². The van der Waals surface area contributed by atoms with Gasteiger partial charge in [-0.1, -0.05) is 6.92 Å². The highest BCUT2D eigenvalue weighted by atomic mass is 32.2. The molecule has 1 aromatic rings. The maximum Gasteiger partial charge on any atom is 0.235 e. The molecule has 2 fully saturated rings. The Morgan fingerprint density at radius 3 is 2.62 bits per heavy atom. The minimum atomic E-state index is 0.0465. The molecule has 3 rings (SSSR count). The second-order valence-corrected chi connectivity index (χ2v) is 9.15. The third-order valence-corrected chi connectivity index (χ3v) is 6.81. The van der Waals surface area contributed by atoms with Gasteiger partial charge >= 0.3 is 0 Å². The number of likely N-dealkylation sites (tertiary alicyclic amines) is 2. The summed E-state index contributed by atoms with van der Waals surface area (Å²) < 4.78 is 0. The largest absolute Gasteiger partial charge is 0.342 e. The second-order valence-electron chi connectivity index (χ2n) is 7.53. The Kier molecular flexibility index (Phi) is 6.22. The summed E-state index contributed by atoms with van der Waals surface area (Å²) in [6.45, 7) is 7.23. The molecule has 0 unspecified atom stereocenters. The first-order valence-corrected chi connectivity index (χ1v) is 10.6. The molecule has 6 heteroatoms. The zero-order valence-corrected chi connectivity index (χ0v) is 16.6. The molecular weight excluding hydrogens is 346 g/mol. The highest BCUT2D eigenvalue weighted by molar-refractivity contribution is 8.00. The van der Waals surface area contributed by atoms with Crippen molar-refractivity contribution in [1.82, 2.24) is 14.8 Å². The normalized spacial score (nSPS) is 21.1. The van der Waals surface area contributed by atoms with E-state index in [0.717, 1.165) is 50.2 Å². The first-order valence-electron chi connectivity index (χ1n) is 9.60. The summed E-state index contributed by atoms with van der Waals surface area (Å²) in [4.78, 5) is 33.0. The van der Waals surface area contributed by atoms with Crippen molar-refractivity contribution in [3.8, 4) is 0 Å². The molecule has 0 aromatic carbocycles. The first kappa shape index (κ1) is 19.2. The van der Waals surface area contributed by atoms with Gasteiger partial charge in [-0.15, -0.1) is 11.8 Å².